The molecule has 4 aliphatic rings. The lowest BCUT2D eigenvalue weighted by molar-refractivity contribution is -0.234. The van der Waals surface area contributed by atoms with E-state index < -0.39 is 16.9 Å². The Morgan fingerprint density at radius 1 is 1.38 bits per heavy atom. The molecule has 5 atom stereocenters. The zero-order chi connectivity index (χ0) is 17.9. The second kappa shape index (κ2) is 5.08. The minimum Gasteiger partial charge on any atom is -0.469 e. The predicted octanol–water partition coefficient (Wildman–Crippen LogP) is 3.44. The number of carbonyl (C=O) groups is 2. The fourth-order valence-electron chi connectivity index (χ4n) is 5.34. The topological polar surface area (TPSA) is 52.6 Å². The van der Waals surface area contributed by atoms with E-state index in [-0.39, 0.29) is 29.2 Å². The van der Waals surface area contributed by atoms with Crippen LogP contribution in [-0.4, -0.2) is 24.6 Å². The van der Waals surface area contributed by atoms with Gasteiger partial charge in [-0.3, -0.25) is 9.59 Å². The molecule has 0 aromatic carbocycles. The van der Waals surface area contributed by atoms with Gasteiger partial charge in [0.15, 0.2) is 5.60 Å². The highest BCUT2D eigenvalue weighted by molar-refractivity contribution is 5.84. The molecular formula is C20H26O4. The van der Waals surface area contributed by atoms with Crippen molar-refractivity contribution in [2.75, 3.05) is 7.11 Å². The van der Waals surface area contributed by atoms with Gasteiger partial charge in [-0.2, -0.15) is 0 Å². The Balaban J connectivity index is 2.32. The van der Waals surface area contributed by atoms with Crippen LogP contribution in [0.5, 0.6) is 0 Å². The maximum absolute atomic E-state index is 12.8. The van der Waals surface area contributed by atoms with Gasteiger partial charge in [-0.25, -0.2) is 0 Å². The highest BCUT2D eigenvalue weighted by atomic mass is 16.6. The molecule has 1 spiro atoms. The standard InChI is InChI=1S/C20H26O4/c1-7-12-11-13-16(21)24-20(12)14(18(13,3)4)9-10-19(5,8-2)15(20)17(22)23-6/h7-8,11,13-15H,1-2,9-10H2,3-6H3/t13-,14+,15+,19?,20-/m1/s1. The molecule has 0 radical (unpaired) electrons. The van der Waals surface area contributed by atoms with Crippen molar-refractivity contribution in [2.24, 2.45) is 28.6 Å². The Bertz CT molecular complexity index is 659. The van der Waals surface area contributed by atoms with Crippen LogP contribution in [0.2, 0.25) is 0 Å². The molecule has 0 amide bonds. The van der Waals surface area contributed by atoms with Gasteiger partial charge in [0.2, 0.25) is 0 Å². The predicted molar refractivity (Wildman–Crippen MR) is 90.9 cm³/mol. The summed E-state index contributed by atoms with van der Waals surface area (Å²) in [7, 11) is 1.38. The number of methoxy groups -OCH3 is 1. The minimum absolute atomic E-state index is 0.0443. The van der Waals surface area contributed by atoms with E-state index in [1.807, 2.05) is 19.1 Å². The largest absolute Gasteiger partial charge is 0.469 e. The van der Waals surface area contributed by atoms with Gasteiger partial charge in [0.25, 0.3) is 0 Å². The van der Waals surface area contributed by atoms with Crippen molar-refractivity contribution in [3.05, 3.63) is 37.0 Å². The third-order valence-electron chi connectivity index (χ3n) is 6.72. The molecule has 2 bridgehead atoms. The number of esters is 2. The smallest absolute Gasteiger partial charge is 0.314 e. The van der Waals surface area contributed by atoms with E-state index in [1.165, 1.54) is 7.11 Å². The number of hydrogen-bond donors (Lipinski definition) is 0. The van der Waals surface area contributed by atoms with Gasteiger partial charge in [0.1, 0.15) is 5.92 Å². The summed E-state index contributed by atoms with van der Waals surface area (Å²) < 4.78 is 11.2. The van der Waals surface area contributed by atoms with E-state index in [2.05, 4.69) is 27.0 Å². The molecule has 0 aromatic heterocycles. The van der Waals surface area contributed by atoms with Crippen LogP contribution >= 0.6 is 0 Å². The molecule has 4 heteroatoms. The second-order valence-corrected chi connectivity index (χ2v) is 8.10. The first-order chi connectivity index (χ1) is 11.2. The van der Waals surface area contributed by atoms with Crippen LogP contribution in [-0.2, 0) is 19.1 Å². The summed E-state index contributed by atoms with van der Waals surface area (Å²) in [6.07, 6.45) is 7.15. The van der Waals surface area contributed by atoms with Crippen molar-refractivity contribution in [1.82, 2.24) is 0 Å². The molecule has 130 valence electrons. The van der Waals surface area contributed by atoms with Crippen molar-refractivity contribution in [1.29, 1.82) is 0 Å². The van der Waals surface area contributed by atoms with Crippen LogP contribution in [0.15, 0.2) is 37.0 Å². The van der Waals surface area contributed by atoms with Gasteiger partial charge in [0, 0.05) is 11.3 Å². The molecule has 0 aromatic rings. The summed E-state index contributed by atoms with van der Waals surface area (Å²) in [5, 5.41) is 0. The highest BCUT2D eigenvalue weighted by Gasteiger charge is 2.71. The molecule has 0 N–H and O–H groups in total. The molecular weight excluding hydrogens is 304 g/mol. The van der Waals surface area contributed by atoms with E-state index in [4.69, 9.17) is 9.47 Å². The van der Waals surface area contributed by atoms with Crippen LogP contribution in [0.3, 0.4) is 0 Å². The van der Waals surface area contributed by atoms with Gasteiger partial charge in [-0.05, 0) is 23.8 Å². The Morgan fingerprint density at radius 3 is 2.58 bits per heavy atom. The zero-order valence-electron chi connectivity index (χ0n) is 14.9. The molecule has 4 nitrogen and oxygen atoms in total. The van der Waals surface area contributed by atoms with Crippen molar-refractivity contribution >= 4 is 11.9 Å². The van der Waals surface area contributed by atoms with E-state index in [0.717, 1.165) is 18.4 Å². The molecule has 2 aliphatic heterocycles. The summed E-state index contributed by atoms with van der Waals surface area (Å²) >= 11 is 0. The number of allylic oxidation sites excluding steroid dienone is 1. The van der Waals surface area contributed by atoms with Gasteiger partial charge in [0.05, 0.1) is 13.0 Å². The zero-order valence-corrected chi connectivity index (χ0v) is 14.9. The van der Waals surface area contributed by atoms with Gasteiger partial charge < -0.3 is 9.47 Å². The summed E-state index contributed by atoms with van der Waals surface area (Å²) in [5.74, 6) is -1.51. The number of rotatable bonds is 3. The minimum atomic E-state index is -1.02. The molecule has 2 aliphatic carbocycles. The van der Waals surface area contributed by atoms with Crippen LogP contribution in [0.1, 0.15) is 33.6 Å². The SMILES string of the molecule is C=CC1=C[C@@H]2C(=O)O[C@]13[C@@H](C(=O)OC)C(C)(C=C)CC[C@H]3C2(C)C. The molecule has 1 saturated carbocycles. The maximum atomic E-state index is 12.8. The molecule has 1 unspecified atom stereocenters. The Morgan fingerprint density at radius 2 is 2.04 bits per heavy atom. The molecule has 24 heavy (non-hydrogen) atoms. The van der Waals surface area contributed by atoms with Crippen LogP contribution in [0.25, 0.3) is 0 Å². The Labute approximate surface area is 143 Å². The summed E-state index contributed by atoms with van der Waals surface area (Å²) in [5.41, 5.74) is -0.978. The highest BCUT2D eigenvalue weighted by Crippen LogP contribution is 2.66. The van der Waals surface area contributed by atoms with E-state index in [1.54, 1.807) is 6.08 Å². The first-order valence-electron chi connectivity index (χ1n) is 8.48. The van der Waals surface area contributed by atoms with Gasteiger partial charge in [-0.15, -0.1) is 6.58 Å². The normalized spacial score (nSPS) is 42.4. The van der Waals surface area contributed by atoms with Gasteiger partial charge >= 0.3 is 11.9 Å². The van der Waals surface area contributed by atoms with E-state index >= 15 is 0 Å². The van der Waals surface area contributed by atoms with E-state index in [0.29, 0.717) is 0 Å². The van der Waals surface area contributed by atoms with Crippen molar-refractivity contribution in [3.8, 4) is 0 Å². The van der Waals surface area contributed by atoms with Crippen LogP contribution in [0.4, 0.5) is 0 Å². The fourth-order valence-corrected chi connectivity index (χ4v) is 5.34. The second-order valence-electron chi connectivity index (χ2n) is 8.10. The fraction of sp³-hybridized carbons (Fsp3) is 0.600. The van der Waals surface area contributed by atoms with Crippen molar-refractivity contribution in [2.45, 2.75) is 39.2 Å². The van der Waals surface area contributed by atoms with Crippen LogP contribution < -0.4 is 0 Å². The third kappa shape index (κ3) is 1.80. The molecule has 1 saturated heterocycles. The van der Waals surface area contributed by atoms with E-state index in [9.17, 15) is 9.59 Å². The first-order valence-corrected chi connectivity index (χ1v) is 8.48. The third-order valence-corrected chi connectivity index (χ3v) is 6.72. The number of ether oxygens (including phenoxy) is 2. The average molecular weight is 330 g/mol. The van der Waals surface area contributed by atoms with Gasteiger partial charge in [-0.1, -0.05) is 45.6 Å². The average Bonchev–Trinajstić information content (AvgIpc) is 2.53. The Kier molecular flexibility index (Phi) is 3.60. The number of fused-ring (bicyclic) bond motifs is 1. The number of carbonyl (C=O) groups excluding carboxylic acids is 2. The maximum Gasteiger partial charge on any atom is 0.314 e. The molecule has 2 fully saturated rings. The lowest BCUT2D eigenvalue weighted by Crippen LogP contribution is -2.70. The quantitative estimate of drug-likeness (QED) is 0.587. The van der Waals surface area contributed by atoms with Crippen molar-refractivity contribution in [3.63, 3.8) is 0 Å². The monoisotopic (exact) mass is 330 g/mol. The summed E-state index contributed by atoms with van der Waals surface area (Å²) in [6.45, 7) is 14.1. The molecule has 4 rings (SSSR count). The Hall–Kier alpha value is -1.84. The lowest BCUT2D eigenvalue weighted by atomic mass is 9.44. The van der Waals surface area contributed by atoms with Crippen LogP contribution in [0, 0.1) is 28.6 Å². The summed E-state index contributed by atoms with van der Waals surface area (Å²) in [4.78, 5) is 25.5. The molecule has 2 heterocycles. The summed E-state index contributed by atoms with van der Waals surface area (Å²) in [6, 6.07) is 0. The van der Waals surface area contributed by atoms with Crippen molar-refractivity contribution < 1.29 is 19.1 Å². The lowest BCUT2D eigenvalue weighted by Gasteiger charge is -2.64. The first kappa shape index (κ1) is 17.0. The number of hydrogen-bond acceptors (Lipinski definition) is 4.